The fraction of sp³-hybridized carbons (Fsp3) is 0.429. The van der Waals surface area contributed by atoms with Gasteiger partial charge in [0.25, 0.3) is 0 Å². The molecule has 1 aliphatic carbocycles. The number of esters is 1. The third kappa shape index (κ3) is 1.85. The van der Waals surface area contributed by atoms with E-state index in [0.717, 1.165) is 0 Å². The Hall–Kier alpha value is -2.04. The number of benzene rings is 1. The number of fused-ring (bicyclic) bond motifs is 1. The van der Waals surface area contributed by atoms with Crippen molar-refractivity contribution in [3.63, 3.8) is 0 Å². The van der Waals surface area contributed by atoms with Crippen molar-refractivity contribution in [2.45, 2.75) is 27.2 Å². The van der Waals surface area contributed by atoms with Crippen molar-refractivity contribution in [2.75, 3.05) is 7.11 Å². The van der Waals surface area contributed by atoms with E-state index in [-0.39, 0.29) is 5.75 Å². The van der Waals surface area contributed by atoms with Crippen LogP contribution in [-0.2, 0) is 11.2 Å². The van der Waals surface area contributed by atoms with E-state index < -0.39 is 11.4 Å². The summed E-state index contributed by atoms with van der Waals surface area (Å²) in [6, 6.07) is 1.61. The molecule has 5 heteroatoms. The molecule has 0 atom stereocenters. The first-order valence-corrected chi connectivity index (χ1v) is 6.00. The van der Waals surface area contributed by atoms with Crippen molar-refractivity contribution in [3.05, 3.63) is 28.3 Å². The van der Waals surface area contributed by atoms with Gasteiger partial charge in [0.2, 0.25) is 0 Å². The average molecular weight is 263 g/mol. The molecule has 5 nitrogen and oxygen atoms in total. The van der Waals surface area contributed by atoms with Crippen LogP contribution in [0.25, 0.3) is 0 Å². The van der Waals surface area contributed by atoms with E-state index >= 15 is 0 Å². The molecule has 0 bridgehead atoms. The summed E-state index contributed by atoms with van der Waals surface area (Å²) in [5, 5.41) is 22.7. The van der Waals surface area contributed by atoms with Gasteiger partial charge in [0.05, 0.1) is 18.4 Å². The van der Waals surface area contributed by atoms with Crippen molar-refractivity contribution in [2.24, 2.45) is 10.6 Å². The van der Waals surface area contributed by atoms with Gasteiger partial charge in [0.15, 0.2) is 0 Å². The van der Waals surface area contributed by atoms with Gasteiger partial charge in [0, 0.05) is 11.0 Å². The topological polar surface area (TPSA) is 79.1 Å². The lowest BCUT2D eigenvalue weighted by atomic mass is 9.88. The maximum atomic E-state index is 11.8. The predicted octanol–water partition coefficient (Wildman–Crippen LogP) is 2.25. The number of carbonyl (C=O) groups excluding carboxylic acids is 1. The highest BCUT2D eigenvalue weighted by Crippen LogP contribution is 2.44. The van der Waals surface area contributed by atoms with Gasteiger partial charge in [-0.15, -0.1) is 0 Å². The van der Waals surface area contributed by atoms with Crippen molar-refractivity contribution >= 4 is 11.7 Å². The smallest absolute Gasteiger partial charge is 0.338 e. The maximum Gasteiger partial charge on any atom is 0.338 e. The summed E-state index contributed by atoms with van der Waals surface area (Å²) in [5.41, 5.74) is 2.05. The lowest BCUT2D eigenvalue weighted by Gasteiger charge is -2.16. The number of nitrogens with zero attached hydrogens (tertiary/aromatic N) is 1. The summed E-state index contributed by atoms with van der Waals surface area (Å²) >= 11 is 0. The van der Waals surface area contributed by atoms with Crippen LogP contribution in [0.5, 0.6) is 5.75 Å². The van der Waals surface area contributed by atoms with Gasteiger partial charge >= 0.3 is 5.97 Å². The molecule has 2 rings (SSSR count). The molecule has 0 unspecified atom stereocenters. The molecule has 1 aromatic carbocycles. The Labute approximate surface area is 111 Å². The minimum Gasteiger partial charge on any atom is -0.507 e. The summed E-state index contributed by atoms with van der Waals surface area (Å²) in [7, 11) is 1.32. The molecular formula is C14H17NO4. The van der Waals surface area contributed by atoms with Gasteiger partial charge in [-0.05, 0) is 30.5 Å². The number of aryl methyl sites for hydroxylation is 1. The molecule has 1 aromatic rings. The monoisotopic (exact) mass is 263 g/mol. The summed E-state index contributed by atoms with van der Waals surface area (Å²) in [6.45, 7) is 5.50. The van der Waals surface area contributed by atoms with Gasteiger partial charge in [0.1, 0.15) is 5.75 Å². The molecule has 0 fully saturated rings. The van der Waals surface area contributed by atoms with E-state index in [2.05, 4.69) is 5.16 Å². The van der Waals surface area contributed by atoms with Crippen molar-refractivity contribution in [1.29, 1.82) is 0 Å². The van der Waals surface area contributed by atoms with Gasteiger partial charge in [-0.25, -0.2) is 4.79 Å². The van der Waals surface area contributed by atoms with E-state index in [1.54, 1.807) is 13.0 Å². The van der Waals surface area contributed by atoms with E-state index in [1.807, 2.05) is 13.8 Å². The Bertz CT molecular complexity index is 588. The molecule has 102 valence electrons. The zero-order valence-electron chi connectivity index (χ0n) is 11.4. The van der Waals surface area contributed by atoms with E-state index in [1.165, 1.54) is 7.11 Å². The van der Waals surface area contributed by atoms with E-state index in [4.69, 9.17) is 4.74 Å². The Morgan fingerprint density at radius 3 is 2.63 bits per heavy atom. The van der Waals surface area contributed by atoms with Crippen LogP contribution in [0.15, 0.2) is 11.2 Å². The lowest BCUT2D eigenvalue weighted by molar-refractivity contribution is 0.0599. The predicted molar refractivity (Wildman–Crippen MR) is 70.0 cm³/mol. The highest BCUT2D eigenvalue weighted by atomic mass is 16.5. The first-order valence-electron chi connectivity index (χ1n) is 6.00. The zero-order chi connectivity index (χ0) is 14.4. The Balaban J connectivity index is 2.79. The van der Waals surface area contributed by atoms with Crippen molar-refractivity contribution in [3.8, 4) is 5.75 Å². The first-order chi connectivity index (χ1) is 8.83. The lowest BCUT2D eigenvalue weighted by Crippen LogP contribution is -2.20. The largest absolute Gasteiger partial charge is 0.507 e. The molecule has 0 saturated carbocycles. The SMILES string of the molecule is COC(=O)c1cc(C)c(O)c2c1CC(C)(C)/C2=N\O. The highest BCUT2D eigenvalue weighted by Gasteiger charge is 2.41. The number of rotatable bonds is 1. The molecule has 0 amide bonds. The van der Waals surface area contributed by atoms with Gasteiger partial charge < -0.3 is 15.1 Å². The Morgan fingerprint density at radius 1 is 1.47 bits per heavy atom. The van der Waals surface area contributed by atoms with Crippen LogP contribution in [-0.4, -0.2) is 29.1 Å². The second-order valence-electron chi connectivity index (χ2n) is 5.44. The van der Waals surface area contributed by atoms with Gasteiger partial charge in [-0.3, -0.25) is 0 Å². The van der Waals surface area contributed by atoms with Gasteiger partial charge in [-0.2, -0.15) is 0 Å². The van der Waals surface area contributed by atoms with Gasteiger partial charge in [-0.1, -0.05) is 19.0 Å². The molecule has 0 heterocycles. The molecule has 0 radical (unpaired) electrons. The average Bonchev–Trinajstić information content (AvgIpc) is 2.63. The normalized spacial score (nSPS) is 18.4. The van der Waals surface area contributed by atoms with Crippen LogP contribution in [0.2, 0.25) is 0 Å². The van der Waals surface area contributed by atoms with E-state index in [9.17, 15) is 15.1 Å². The Morgan fingerprint density at radius 2 is 2.11 bits per heavy atom. The third-order valence-electron chi connectivity index (χ3n) is 3.60. The number of aromatic hydroxyl groups is 1. The van der Waals surface area contributed by atoms with Crippen LogP contribution in [0.4, 0.5) is 0 Å². The number of carbonyl (C=O) groups is 1. The van der Waals surface area contributed by atoms with Crippen molar-refractivity contribution in [1.82, 2.24) is 0 Å². The second kappa shape index (κ2) is 4.26. The number of hydrogen-bond acceptors (Lipinski definition) is 5. The Kier molecular flexibility index (Phi) is 3.00. The number of phenols is 1. The summed E-state index contributed by atoms with van der Waals surface area (Å²) in [4.78, 5) is 11.8. The van der Waals surface area contributed by atoms with Crippen molar-refractivity contribution < 1.29 is 19.8 Å². The molecule has 0 spiro atoms. The molecule has 0 saturated heterocycles. The van der Waals surface area contributed by atoms with E-state index in [0.29, 0.717) is 34.4 Å². The summed E-state index contributed by atoms with van der Waals surface area (Å²) < 4.78 is 4.77. The molecule has 0 aliphatic heterocycles. The maximum absolute atomic E-state index is 11.8. The number of methoxy groups -OCH3 is 1. The molecule has 19 heavy (non-hydrogen) atoms. The van der Waals surface area contributed by atoms with Crippen LogP contribution >= 0.6 is 0 Å². The summed E-state index contributed by atoms with van der Waals surface area (Å²) in [6.07, 6.45) is 0.514. The quantitative estimate of drug-likeness (QED) is 0.462. The molecule has 2 N–H and O–H groups in total. The fourth-order valence-electron chi connectivity index (χ4n) is 2.63. The van der Waals surface area contributed by atoms with Crippen LogP contribution < -0.4 is 0 Å². The molecular weight excluding hydrogens is 246 g/mol. The molecule has 1 aliphatic rings. The van der Waals surface area contributed by atoms with Crippen LogP contribution in [0.1, 0.15) is 40.9 Å². The number of phenolic OH excluding ortho intramolecular Hbond substituents is 1. The highest BCUT2D eigenvalue weighted by molar-refractivity contribution is 6.12. The zero-order valence-corrected chi connectivity index (χ0v) is 11.4. The number of oxime groups is 1. The fourth-order valence-corrected chi connectivity index (χ4v) is 2.63. The minimum absolute atomic E-state index is 0.0565. The first kappa shape index (κ1) is 13.4. The molecule has 0 aromatic heterocycles. The number of hydrogen-bond donors (Lipinski definition) is 2. The second-order valence-corrected chi connectivity index (χ2v) is 5.44. The van der Waals surface area contributed by atoms with Crippen LogP contribution in [0.3, 0.4) is 0 Å². The number of ether oxygens (including phenoxy) is 1. The van der Waals surface area contributed by atoms with Crippen LogP contribution in [0, 0.1) is 12.3 Å². The minimum atomic E-state index is -0.450. The standard InChI is InChI=1S/C14H17NO4/c1-7-5-8(13(17)19-4)9-6-14(2,3)12(15-18)10(9)11(7)16/h5,16,18H,6H2,1-4H3/b15-12-. The summed E-state index contributed by atoms with van der Waals surface area (Å²) in [5.74, 6) is -0.393. The third-order valence-corrected chi connectivity index (χ3v) is 3.60.